The van der Waals surface area contributed by atoms with Crippen molar-refractivity contribution in [3.63, 3.8) is 0 Å². The second-order valence-corrected chi connectivity index (χ2v) is 8.19. The van der Waals surface area contributed by atoms with E-state index < -0.39 is 21.7 Å². The van der Waals surface area contributed by atoms with E-state index in [0.29, 0.717) is 22.3 Å². The van der Waals surface area contributed by atoms with Crippen LogP contribution in [0, 0.1) is 6.92 Å². The molecule has 0 aliphatic rings. The minimum atomic E-state index is -3.84. The van der Waals surface area contributed by atoms with Crippen molar-refractivity contribution in [1.29, 1.82) is 0 Å². The number of primary sulfonamides is 1. The molecule has 0 aliphatic heterocycles. The number of carbonyl (C=O) groups is 1. The average Bonchev–Trinajstić information content (AvgIpc) is 3.03. The zero-order valence-electron chi connectivity index (χ0n) is 14.8. The van der Waals surface area contributed by atoms with Crippen LogP contribution in [0.5, 0.6) is 0 Å². The molecule has 1 aromatic heterocycles. The first-order chi connectivity index (χ1) is 12.8. The fourth-order valence-corrected chi connectivity index (χ4v) is 3.29. The van der Waals surface area contributed by atoms with Crippen molar-refractivity contribution < 1.29 is 17.8 Å². The highest BCUT2D eigenvalue weighted by Gasteiger charge is 2.17. The van der Waals surface area contributed by atoms with Gasteiger partial charge in [0.1, 0.15) is 5.75 Å². The van der Waals surface area contributed by atoms with E-state index in [-0.39, 0.29) is 6.54 Å². The third-order valence-corrected chi connectivity index (χ3v) is 4.80. The number of anilines is 1. The number of aromatic nitrogens is 2. The highest BCUT2D eigenvalue weighted by molar-refractivity contribution is 7.99. The molecule has 0 saturated carbocycles. The predicted molar refractivity (Wildman–Crippen MR) is 103 cm³/mol. The number of carbonyl (C=O) groups excluding carboxylic acids is 1. The fraction of sp³-hybridized carbons (Fsp3) is 0.333. The smallest absolute Gasteiger partial charge is 0.236 e. The first-order valence-electron chi connectivity index (χ1n) is 7.82. The summed E-state index contributed by atoms with van der Waals surface area (Å²) < 4.78 is 26.5. The molecule has 0 atom stereocenters. The molecule has 0 aliphatic carbocycles. The number of aliphatic imine (C=N–C) groups is 1. The summed E-state index contributed by atoms with van der Waals surface area (Å²) in [5.74, 6) is -0.489. The maximum absolute atomic E-state index is 11.4. The second kappa shape index (κ2) is 9.48. The quantitative estimate of drug-likeness (QED) is 0.243. The third-order valence-electron chi connectivity index (χ3n) is 3.18. The molecule has 4 N–H and O–H groups in total. The Balaban J connectivity index is 1.93. The third kappa shape index (κ3) is 7.00. The number of aryl methyl sites for hydroxylation is 1. The van der Waals surface area contributed by atoms with E-state index in [0.717, 1.165) is 11.3 Å². The Morgan fingerprint density at radius 1 is 1.37 bits per heavy atom. The van der Waals surface area contributed by atoms with Crippen LogP contribution in [-0.4, -0.2) is 55.6 Å². The van der Waals surface area contributed by atoms with Gasteiger partial charge < -0.3 is 10.6 Å². The van der Waals surface area contributed by atoms with E-state index in [2.05, 4.69) is 25.9 Å². The Bertz CT molecular complexity index is 926. The maximum atomic E-state index is 11.4. The molecule has 10 nitrogen and oxygen atoms in total. The fourth-order valence-electron chi connectivity index (χ4n) is 2.07. The van der Waals surface area contributed by atoms with E-state index in [4.69, 9.17) is 9.77 Å². The Morgan fingerprint density at radius 2 is 2.15 bits per heavy atom. The Labute approximate surface area is 161 Å². The van der Waals surface area contributed by atoms with Gasteiger partial charge in [0, 0.05) is 25.0 Å². The van der Waals surface area contributed by atoms with Crippen molar-refractivity contribution >= 4 is 39.2 Å². The molecule has 1 heterocycles. The minimum absolute atomic E-state index is 0.231. The topological polar surface area (TPSA) is 153 Å². The van der Waals surface area contributed by atoms with Gasteiger partial charge in [-0.2, -0.15) is 0 Å². The molecule has 0 fully saturated rings. The summed E-state index contributed by atoms with van der Waals surface area (Å²) in [7, 11) is -2.22. The van der Waals surface area contributed by atoms with Crippen LogP contribution in [0.25, 0.3) is 0 Å². The van der Waals surface area contributed by atoms with Crippen LogP contribution in [0.1, 0.15) is 11.3 Å². The first-order valence-corrected chi connectivity index (χ1v) is 10.5. The minimum Gasteiger partial charge on any atom is -0.354 e. The molecule has 1 amide bonds. The zero-order valence-corrected chi connectivity index (χ0v) is 16.4. The number of nitrogens with two attached hydrogens (primary N) is 1. The number of amides is 1. The highest BCUT2D eigenvalue weighted by Crippen LogP contribution is 2.20. The summed E-state index contributed by atoms with van der Waals surface area (Å²) in [5.41, 5.74) is 2.39. The van der Waals surface area contributed by atoms with Gasteiger partial charge in [-0.15, -0.1) is 0 Å². The van der Waals surface area contributed by atoms with Crippen LogP contribution >= 0.6 is 11.8 Å². The Kier molecular flexibility index (Phi) is 7.33. The summed E-state index contributed by atoms with van der Waals surface area (Å²) in [5, 5.41) is 18.7. The number of amidine groups is 1. The lowest BCUT2D eigenvalue weighted by molar-refractivity contribution is -0.118. The molecule has 1 aromatic carbocycles. The SMILES string of the molecule is CN=C(Nc1cccc(C)c1)c1nonc1SCCNC(=O)CS(N)(=O)=O. The van der Waals surface area contributed by atoms with Crippen molar-refractivity contribution in [2.45, 2.75) is 11.9 Å². The summed E-state index contributed by atoms with van der Waals surface area (Å²) >= 11 is 1.29. The first kappa shape index (κ1) is 20.9. The molecule has 146 valence electrons. The number of thioether (sulfide) groups is 1. The summed E-state index contributed by atoms with van der Waals surface area (Å²) in [4.78, 5) is 15.6. The number of hydrogen-bond donors (Lipinski definition) is 3. The van der Waals surface area contributed by atoms with E-state index in [1.165, 1.54) is 11.8 Å². The molecular weight excluding hydrogens is 392 g/mol. The lowest BCUT2D eigenvalue weighted by atomic mass is 10.2. The Morgan fingerprint density at radius 3 is 2.81 bits per heavy atom. The molecule has 0 radical (unpaired) electrons. The normalized spacial score (nSPS) is 12.0. The van der Waals surface area contributed by atoms with Crippen LogP contribution in [0.2, 0.25) is 0 Å². The van der Waals surface area contributed by atoms with Gasteiger partial charge in [-0.1, -0.05) is 23.9 Å². The molecule has 0 unspecified atom stereocenters. The largest absolute Gasteiger partial charge is 0.354 e. The molecule has 2 rings (SSSR count). The van der Waals surface area contributed by atoms with Crippen molar-refractivity contribution in [3.8, 4) is 0 Å². The van der Waals surface area contributed by atoms with Crippen LogP contribution in [-0.2, 0) is 14.8 Å². The van der Waals surface area contributed by atoms with Gasteiger partial charge in [-0.05, 0) is 34.9 Å². The number of hydrogen-bond acceptors (Lipinski definition) is 8. The van der Waals surface area contributed by atoms with Gasteiger partial charge in [-0.3, -0.25) is 9.79 Å². The van der Waals surface area contributed by atoms with Crippen LogP contribution < -0.4 is 15.8 Å². The van der Waals surface area contributed by atoms with Crippen molar-refractivity contribution in [3.05, 3.63) is 35.5 Å². The monoisotopic (exact) mass is 412 g/mol. The van der Waals surface area contributed by atoms with Crippen LogP contribution in [0.15, 0.2) is 38.9 Å². The second-order valence-electron chi connectivity index (χ2n) is 5.49. The molecule has 0 spiro atoms. The summed E-state index contributed by atoms with van der Waals surface area (Å²) in [6, 6.07) is 7.77. The van der Waals surface area contributed by atoms with Crippen molar-refractivity contribution in [2.24, 2.45) is 10.1 Å². The van der Waals surface area contributed by atoms with E-state index >= 15 is 0 Å². The van der Waals surface area contributed by atoms with Gasteiger partial charge in [0.25, 0.3) is 0 Å². The lowest BCUT2D eigenvalue weighted by Gasteiger charge is -2.08. The van der Waals surface area contributed by atoms with E-state index in [1.54, 1.807) is 7.05 Å². The van der Waals surface area contributed by atoms with Gasteiger partial charge >= 0.3 is 0 Å². The zero-order chi connectivity index (χ0) is 19.9. The van der Waals surface area contributed by atoms with Crippen LogP contribution in [0.3, 0.4) is 0 Å². The Hall–Kier alpha value is -2.44. The molecule has 27 heavy (non-hydrogen) atoms. The van der Waals surface area contributed by atoms with E-state index in [1.807, 2.05) is 31.2 Å². The number of benzene rings is 1. The van der Waals surface area contributed by atoms with E-state index in [9.17, 15) is 13.2 Å². The van der Waals surface area contributed by atoms with Gasteiger partial charge in [0.15, 0.2) is 16.6 Å². The average molecular weight is 412 g/mol. The summed E-state index contributed by atoms with van der Waals surface area (Å²) in [6.07, 6.45) is 0. The molecule has 12 heteroatoms. The van der Waals surface area contributed by atoms with Gasteiger partial charge in [0.2, 0.25) is 15.9 Å². The van der Waals surface area contributed by atoms with Crippen molar-refractivity contribution in [1.82, 2.24) is 15.6 Å². The maximum Gasteiger partial charge on any atom is 0.236 e. The van der Waals surface area contributed by atoms with Gasteiger partial charge in [0.05, 0.1) is 0 Å². The summed E-state index contributed by atoms with van der Waals surface area (Å²) in [6.45, 7) is 2.21. The van der Waals surface area contributed by atoms with Crippen LogP contribution in [0.4, 0.5) is 5.69 Å². The molecular formula is C15H20N6O4S2. The number of sulfonamides is 1. The molecule has 2 aromatic rings. The van der Waals surface area contributed by atoms with Gasteiger partial charge in [-0.25, -0.2) is 18.2 Å². The molecule has 0 saturated heterocycles. The molecule has 0 bridgehead atoms. The van der Waals surface area contributed by atoms with Crippen molar-refractivity contribution in [2.75, 3.05) is 30.4 Å². The lowest BCUT2D eigenvalue weighted by Crippen LogP contribution is -2.34. The number of rotatable bonds is 8. The highest BCUT2D eigenvalue weighted by atomic mass is 32.2. The standard InChI is InChI=1S/C15H20N6O4S2/c1-10-4-3-5-11(8-10)19-14(17-2)13-15(21-25-20-13)26-7-6-18-12(22)9-27(16,23)24/h3-5,8H,6-7,9H2,1-2H3,(H,17,19)(H,18,22)(H2,16,23,24). The number of nitrogens with one attached hydrogen (secondary N) is 2. The predicted octanol–water partition coefficient (Wildman–Crippen LogP) is 0.363. The number of nitrogens with zero attached hydrogens (tertiary/aromatic N) is 3.